The molecule has 0 unspecified atom stereocenters. The van der Waals surface area contributed by atoms with E-state index in [0.717, 1.165) is 19.4 Å². The van der Waals surface area contributed by atoms with E-state index in [1.54, 1.807) is 11.5 Å². The minimum Gasteiger partial charge on any atom is -0.220 e. The van der Waals surface area contributed by atoms with Crippen LogP contribution >= 0.6 is 0 Å². The highest BCUT2D eigenvalue weighted by Gasteiger charge is 2.13. The molecule has 0 spiro atoms. The van der Waals surface area contributed by atoms with Gasteiger partial charge in [-0.25, -0.2) is 4.79 Å². The molecule has 0 saturated heterocycles. The van der Waals surface area contributed by atoms with E-state index in [1.165, 1.54) is 6.42 Å². The summed E-state index contributed by atoms with van der Waals surface area (Å²) in [6, 6.07) is 0. The Hall–Kier alpha value is -0.660. The number of nitrogens with zero attached hydrogens (tertiary/aromatic N) is 1. The molecule has 1 rings (SSSR count). The van der Waals surface area contributed by atoms with Gasteiger partial charge in [0.25, 0.3) is 0 Å². The van der Waals surface area contributed by atoms with Gasteiger partial charge < -0.3 is 0 Å². The van der Waals surface area contributed by atoms with Crippen LogP contribution in [0.5, 0.6) is 0 Å². The summed E-state index contributed by atoms with van der Waals surface area (Å²) in [6.07, 6.45) is 5.46. The van der Waals surface area contributed by atoms with Crippen LogP contribution in [0.4, 0.5) is 0 Å². The Kier molecular flexibility index (Phi) is 1.98. The molecular formula is C7H12NO+. The Morgan fingerprint density at radius 3 is 2.67 bits per heavy atom. The highest BCUT2D eigenvalue weighted by Crippen LogP contribution is 1.99. The van der Waals surface area contributed by atoms with Crippen LogP contribution in [0.1, 0.15) is 26.2 Å². The van der Waals surface area contributed by atoms with Crippen LogP contribution in [0, 0.1) is 0 Å². The molecule has 0 aliphatic carbocycles. The molecule has 0 fully saturated rings. The van der Waals surface area contributed by atoms with Gasteiger partial charge in [-0.05, 0) is 6.42 Å². The van der Waals surface area contributed by atoms with Crippen molar-refractivity contribution in [3.63, 3.8) is 0 Å². The SMILES string of the molecule is CC(=O)[N+]1=CCCC[13CH2]1. The van der Waals surface area contributed by atoms with Gasteiger partial charge >= 0.3 is 5.91 Å². The fourth-order valence-electron chi connectivity index (χ4n) is 1.05. The van der Waals surface area contributed by atoms with E-state index in [-0.39, 0.29) is 5.91 Å². The van der Waals surface area contributed by atoms with E-state index < -0.39 is 0 Å². The zero-order valence-electron chi connectivity index (χ0n) is 5.76. The molecule has 0 N–H and O–H groups in total. The summed E-state index contributed by atoms with van der Waals surface area (Å²) in [5.74, 6) is 0.176. The zero-order valence-corrected chi connectivity index (χ0v) is 5.76. The summed E-state index contributed by atoms with van der Waals surface area (Å²) in [5.41, 5.74) is 0. The molecule has 1 aliphatic rings. The Labute approximate surface area is 55.2 Å². The van der Waals surface area contributed by atoms with Gasteiger partial charge in [0.15, 0.2) is 6.54 Å². The Bertz CT molecular complexity index is 149. The van der Waals surface area contributed by atoms with Gasteiger partial charge in [-0.2, -0.15) is 4.58 Å². The minimum atomic E-state index is 0.176. The summed E-state index contributed by atoms with van der Waals surface area (Å²) < 4.78 is 1.80. The third-order valence-corrected chi connectivity index (χ3v) is 1.61. The second-order valence-electron chi connectivity index (χ2n) is 2.39. The summed E-state index contributed by atoms with van der Waals surface area (Å²) in [4.78, 5) is 10.7. The average molecular weight is 127 g/mol. The molecule has 0 aromatic heterocycles. The molecule has 1 aliphatic heterocycles. The Morgan fingerprint density at radius 1 is 1.56 bits per heavy atom. The molecule has 0 radical (unpaired) electrons. The van der Waals surface area contributed by atoms with Crippen LogP contribution in [0.2, 0.25) is 0 Å². The zero-order chi connectivity index (χ0) is 6.69. The van der Waals surface area contributed by atoms with Crippen molar-refractivity contribution in [2.45, 2.75) is 26.2 Å². The molecule has 0 saturated carbocycles. The Balaban J connectivity index is 2.57. The first kappa shape index (κ1) is 6.46. The Morgan fingerprint density at radius 2 is 2.33 bits per heavy atom. The number of rotatable bonds is 0. The number of hydrogen-bond donors (Lipinski definition) is 0. The van der Waals surface area contributed by atoms with Crippen molar-refractivity contribution in [1.29, 1.82) is 0 Å². The molecule has 1 heterocycles. The van der Waals surface area contributed by atoms with Gasteiger partial charge in [0, 0.05) is 12.8 Å². The fourth-order valence-corrected chi connectivity index (χ4v) is 1.05. The lowest BCUT2D eigenvalue weighted by atomic mass is 10.3. The monoisotopic (exact) mass is 127 g/mol. The van der Waals surface area contributed by atoms with Crippen molar-refractivity contribution in [2.75, 3.05) is 6.54 Å². The first-order valence-electron chi connectivity index (χ1n) is 3.41. The van der Waals surface area contributed by atoms with E-state index in [9.17, 15) is 4.79 Å². The van der Waals surface area contributed by atoms with Crippen LogP contribution in [0.3, 0.4) is 0 Å². The van der Waals surface area contributed by atoms with Crippen molar-refractivity contribution in [3.05, 3.63) is 0 Å². The molecule has 9 heavy (non-hydrogen) atoms. The lowest BCUT2D eigenvalue weighted by molar-refractivity contribution is -0.448. The number of carbonyl (C=O) groups excluding carboxylic acids is 1. The molecule has 0 bridgehead atoms. The summed E-state index contributed by atoms with van der Waals surface area (Å²) in [6.45, 7) is 2.54. The lowest BCUT2D eigenvalue weighted by Crippen LogP contribution is -2.23. The highest BCUT2D eigenvalue weighted by atomic mass is 16.2. The molecule has 2 heteroatoms. The highest BCUT2D eigenvalue weighted by molar-refractivity contribution is 5.70. The predicted molar refractivity (Wildman–Crippen MR) is 35.7 cm³/mol. The molecule has 1 amide bonds. The molecule has 0 atom stereocenters. The minimum absolute atomic E-state index is 0.176. The van der Waals surface area contributed by atoms with Crippen molar-refractivity contribution in [2.24, 2.45) is 0 Å². The average Bonchev–Trinajstić information content (AvgIpc) is 1.90. The van der Waals surface area contributed by atoms with Crippen molar-refractivity contribution < 1.29 is 9.37 Å². The van der Waals surface area contributed by atoms with Crippen molar-refractivity contribution >= 4 is 12.1 Å². The van der Waals surface area contributed by atoms with Gasteiger partial charge in [-0.15, -0.1) is 0 Å². The van der Waals surface area contributed by atoms with E-state index in [2.05, 4.69) is 0 Å². The van der Waals surface area contributed by atoms with E-state index in [0.29, 0.717) is 0 Å². The summed E-state index contributed by atoms with van der Waals surface area (Å²) >= 11 is 0. The van der Waals surface area contributed by atoms with E-state index in [1.807, 2.05) is 6.21 Å². The smallest absolute Gasteiger partial charge is 0.220 e. The van der Waals surface area contributed by atoms with Gasteiger partial charge in [-0.3, -0.25) is 0 Å². The molecule has 50 valence electrons. The normalized spacial score (nSPS) is 19.0. The first-order valence-corrected chi connectivity index (χ1v) is 3.41. The lowest BCUT2D eigenvalue weighted by Gasteiger charge is -2.02. The van der Waals surface area contributed by atoms with Gasteiger partial charge in [-0.1, -0.05) is 0 Å². The van der Waals surface area contributed by atoms with Gasteiger partial charge in [0.2, 0.25) is 0 Å². The predicted octanol–water partition coefficient (Wildman–Crippen LogP) is 0.800. The van der Waals surface area contributed by atoms with Crippen LogP contribution in [-0.2, 0) is 4.79 Å². The summed E-state index contributed by atoms with van der Waals surface area (Å²) in [7, 11) is 0. The quantitative estimate of drug-likeness (QED) is 0.348. The largest absolute Gasteiger partial charge is 0.383 e. The maximum Gasteiger partial charge on any atom is 0.383 e. The van der Waals surface area contributed by atoms with Gasteiger partial charge in [0.1, 0.15) is 6.21 Å². The van der Waals surface area contributed by atoms with Crippen molar-refractivity contribution in [3.8, 4) is 0 Å². The maximum atomic E-state index is 10.7. The van der Waals surface area contributed by atoms with Crippen molar-refractivity contribution in [1.82, 2.24) is 0 Å². The van der Waals surface area contributed by atoms with E-state index in [4.69, 9.17) is 0 Å². The third kappa shape index (κ3) is 1.63. The van der Waals surface area contributed by atoms with E-state index >= 15 is 0 Å². The molecule has 0 aromatic rings. The number of hydrogen-bond acceptors (Lipinski definition) is 1. The maximum absolute atomic E-state index is 10.7. The second-order valence-corrected chi connectivity index (χ2v) is 2.39. The number of amides is 1. The fraction of sp³-hybridized carbons (Fsp3) is 0.714. The van der Waals surface area contributed by atoms with Crippen LogP contribution < -0.4 is 0 Å². The second kappa shape index (κ2) is 2.76. The molecular weight excluding hydrogens is 115 g/mol. The third-order valence-electron chi connectivity index (χ3n) is 1.61. The van der Waals surface area contributed by atoms with Crippen LogP contribution in [0.15, 0.2) is 0 Å². The van der Waals surface area contributed by atoms with Crippen LogP contribution in [0.25, 0.3) is 0 Å². The first-order chi connectivity index (χ1) is 4.30. The molecule has 0 aromatic carbocycles. The number of carbonyl (C=O) groups is 1. The van der Waals surface area contributed by atoms with Crippen LogP contribution in [-0.4, -0.2) is 23.2 Å². The summed E-state index contributed by atoms with van der Waals surface area (Å²) in [5, 5.41) is 0. The standard InChI is InChI=1S/C7H12NO/c1-7(9)8-5-3-2-4-6-8/h5H,2-4,6H2,1H3/q+1/i6+1. The van der Waals surface area contributed by atoms with Gasteiger partial charge in [0.05, 0.1) is 6.92 Å². The topological polar surface area (TPSA) is 20.1 Å². The molecule has 2 nitrogen and oxygen atoms in total.